The number of hydrogen-bond donors (Lipinski definition) is 0. The summed E-state index contributed by atoms with van der Waals surface area (Å²) in [6, 6.07) is 0. The lowest BCUT2D eigenvalue weighted by molar-refractivity contribution is 1.51. The Morgan fingerprint density at radius 2 is 2.25 bits per heavy atom. The molecule has 0 amide bonds. The number of alkyl halides is 1. The van der Waals surface area contributed by atoms with Crippen LogP contribution in [0, 0.1) is 0 Å². The number of rotatable bonds is 0. The summed E-state index contributed by atoms with van der Waals surface area (Å²) in [5.41, 5.74) is 0. The number of halogens is 3. The van der Waals surface area contributed by atoms with Gasteiger partial charge in [0.15, 0.2) is 0 Å². The lowest BCUT2D eigenvalue weighted by Gasteiger charge is -1.94. The lowest BCUT2D eigenvalue weighted by atomic mass is 10.5. The van der Waals surface area contributed by atoms with E-state index in [1.54, 1.807) is 0 Å². The highest BCUT2D eigenvalue weighted by atomic mass is 127. The van der Waals surface area contributed by atoms with Crippen molar-refractivity contribution in [3.8, 4) is 0 Å². The SMILES string of the molecule is BrC1=C(I)C=CC1I. The molecule has 1 rings (SSSR count). The molecule has 3 heteroatoms. The van der Waals surface area contributed by atoms with Crippen molar-refractivity contribution in [3.05, 3.63) is 20.2 Å². The molecule has 1 atom stereocenters. The van der Waals surface area contributed by atoms with Crippen LogP contribution >= 0.6 is 61.1 Å². The predicted molar refractivity (Wildman–Crippen MR) is 56.9 cm³/mol. The molecule has 0 aromatic rings. The summed E-state index contributed by atoms with van der Waals surface area (Å²) < 4.78 is 3.19. The van der Waals surface area contributed by atoms with Crippen LogP contribution in [0.1, 0.15) is 0 Å². The van der Waals surface area contributed by atoms with Crippen molar-refractivity contribution in [2.45, 2.75) is 3.92 Å². The molecule has 8 heavy (non-hydrogen) atoms. The standard InChI is InChI=1S/C5H3BrI2/c6-5-3(7)1-2-4(5)8/h1-3H. The minimum absolute atomic E-state index is 0.569. The number of hydrogen-bond acceptors (Lipinski definition) is 0. The van der Waals surface area contributed by atoms with Crippen LogP contribution in [0.3, 0.4) is 0 Å². The lowest BCUT2D eigenvalue weighted by Crippen LogP contribution is -1.84. The molecule has 0 aliphatic heterocycles. The molecule has 0 saturated carbocycles. The van der Waals surface area contributed by atoms with Crippen molar-refractivity contribution in [1.82, 2.24) is 0 Å². The fourth-order valence-electron chi connectivity index (χ4n) is 0.465. The molecule has 0 heterocycles. The van der Waals surface area contributed by atoms with Gasteiger partial charge in [0, 0.05) is 8.06 Å². The van der Waals surface area contributed by atoms with Crippen LogP contribution < -0.4 is 0 Å². The maximum absolute atomic E-state index is 3.47. The zero-order valence-corrected chi connectivity index (χ0v) is 9.77. The minimum atomic E-state index is 0.569. The van der Waals surface area contributed by atoms with Crippen molar-refractivity contribution in [2.24, 2.45) is 0 Å². The molecule has 1 aliphatic rings. The molecule has 0 aromatic heterocycles. The molecule has 0 bridgehead atoms. The second kappa shape index (κ2) is 3.01. The topological polar surface area (TPSA) is 0 Å². The summed E-state index contributed by atoms with van der Waals surface area (Å²) in [4.78, 5) is 0. The van der Waals surface area contributed by atoms with E-state index in [1.807, 2.05) is 0 Å². The predicted octanol–water partition coefficient (Wildman–Crippen LogP) is 3.40. The van der Waals surface area contributed by atoms with Gasteiger partial charge in [-0.05, 0) is 22.6 Å². The Balaban J connectivity index is 2.85. The Hall–Kier alpha value is 1.42. The average molecular weight is 397 g/mol. The van der Waals surface area contributed by atoms with Gasteiger partial charge in [-0.3, -0.25) is 0 Å². The van der Waals surface area contributed by atoms with Crippen molar-refractivity contribution in [1.29, 1.82) is 0 Å². The summed E-state index contributed by atoms with van der Waals surface area (Å²) in [7, 11) is 0. The monoisotopic (exact) mass is 396 g/mol. The molecule has 0 spiro atoms. The van der Waals surface area contributed by atoms with Gasteiger partial charge in [-0.2, -0.15) is 0 Å². The van der Waals surface area contributed by atoms with E-state index in [0.717, 1.165) is 0 Å². The second-order valence-corrected chi connectivity index (χ2v) is 4.82. The maximum atomic E-state index is 3.47. The van der Waals surface area contributed by atoms with E-state index in [9.17, 15) is 0 Å². The van der Waals surface area contributed by atoms with Gasteiger partial charge in [0.1, 0.15) is 0 Å². The third-order valence-electron chi connectivity index (χ3n) is 0.882. The van der Waals surface area contributed by atoms with Crippen LogP contribution in [0.15, 0.2) is 20.2 Å². The zero-order chi connectivity index (χ0) is 6.15. The van der Waals surface area contributed by atoms with Gasteiger partial charge in [0.2, 0.25) is 0 Å². The van der Waals surface area contributed by atoms with Crippen molar-refractivity contribution >= 4 is 61.1 Å². The van der Waals surface area contributed by atoms with Gasteiger partial charge in [0.25, 0.3) is 0 Å². The Morgan fingerprint density at radius 1 is 1.62 bits per heavy atom. The summed E-state index contributed by atoms with van der Waals surface area (Å²) in [6.45, 7) is 0. The van der Waals surface area contributed by atoms with Crippen LogP contribution in [-0.2, 0) is 0 Å². The molecule has 1 aliphatic carbocycles. The fraction of sp³-hybridized carbons (Fsp3) is 0.200. The fourth-order valence-corrected chi connectivity index (χ4v) is 2.43. The molecule has 1 unspecified atom stereocenters. The molecule has 0 N–H and O–H groups in total. The highest BCUT2D eigenvalue weighted by molar-refractivity contribution is 14.1. The first kappa shape index (κ1) is 7.53. The summed E-state index contributed by atoms with van der Waals surface area (Å²) in [5.74, 6) is 0. The quantitative estimate of drug-likeness (QED) is 0.435. The second-order valence-electron chi connectivity index (χ2n) is 1.46. The maximum Gasteiger partial charge on any atom is 0.0619 e. The van der Waals surface area contributed by atoms with Crippen LogP contribution in [0.2, 0.25) is 0 Å². The zero-order valence-electron chi connectivity index (χ0n) is 3.87. The van der Waals surface area contributed by atoms with E-state index in [-0.39, 0.29) is 0 Å². The van der Waals surface area contributed by atoms with Gasteiger partial charge in [-0.15, -0.1) is 0 Å². The molecule has 0 radical (unpaired) electrons. The smallest absolute Gasteiger partial charge is 0.0619 e. The third kappa shape index (κ3) is 1.47. The van der Waals surface area contributed by atoms with Crippen LogP contribution in [0.5, 0.6) is 0 Å². The minimum Gasteiger partial charge on any atom is -0.0722 e. The Kier molecular flexibility index (Phi) is 2.83. The van der Waals surface area contributed by atoms with Gasteiger partial charge < -0.3 is 0 Å². The van der Waals surface area contributed by atoms with Crippen LogP contribution in [0.25, 0.3) is 0 Å². The van der Waals surface area contributed by atoms with E-state index in [0.29, 0.717) is 3.92 Å². The normalized spacial score (nSPS) is 27.6. The summed E-state index contributed by atoms with van der Waals surface area (Å²) in [6.07, 6.45) is 4.30. The van der Waals surface area contributed by atoms with Crippen molar-refractivity contribution in [3.63, 3.8) is 0 Å². The van der Waals surface area contributed by atoms with E-state index in [1.165, 1.54) is 8.06 Å². The molecule has 44 valence electrons. The van der Waals surface area contributed by atoms with Crippen molar-refractivity contribution < 1.29 is 0 Å². The molecule has 0 saturated heterocycles. The Bertz CT molecular complexity index is 160. The van der Waals surface area contributed by atoms with Crippen LogP contribution in [-0.4, -0.2) is 3.92 Å². The van der Waals surface area contributed by atoms with Crippen LogP contribution in [0.4, 0.5) is 0 Å². The highest BCUT2D eigenvalue weighted by Crippen LogP contribution is 2.33. The van der Waals surface area contributed by atoms with E-state index >= 15 is 0 Å². The van der Waals surface area contributed by atoms with E-state index < -0.39 is 0 Å². The van der Waals surface area contributed by atoms with E-state index in [2.05, 4.69) is 73.3 Å². The van der Waals surface area contributed by atoms with Gasteiger partial charge in [-0.25, -0.2) is 0 Å². The Morgan fingerprint density at radius 3 is 2.38 bits per heavy atom. The van der Waals surface area contributed by atoms with Crippen molar-refractivity contribution in [2.75, 3.05) is 0 Å². The first-order chi connectivity index (χ1) is 3.72. The summed E-state index contributed by atoms with van der Waals surface area (Å²) in [5, 5.41) is 0. The first-order valence-corrected chi connectivity index (χ1v) is 5.21. The molecule has 0 aromatic carbocycles. The first-order valence-electron chi connectivity index (χ1n) is 2.09. The van der Waals surface area contributed by atoms with Gasteiger partial charge in [-0.1, -0.05) is 50.7 Å². The Labute approximate surface area is 84.2 Å². The third-order valence-corrected chi connectivity index (χ3v) is 5.38. The average Bonchev–Trinajstić information content (AvgIpc) is 1.98. The summed E-state index contributed by atoms with van der Waals surface area (Å²) >= 11 is 8.16. The molecule has 0 nitrogen and oxygen atoms in total. The number of allylic oxidation sites excluding steroid dienone is 4. The highest BCUT2D eigenvalue weighted by Gasteiger charge is 2.11. The van der Waals surface area contributed by atoms with Gasteiger partial charge in [0.05, 0.1) is 3.92 Å². The van der Waals surface area contributed by atoms with Gasteiger partial charge >= 0.3 is 0 Å². The largest absolute Gasteiger partial charge is 0.0722 e. The molecular formula is C5H3BrI2. The molecule has 0 fully saturated rings. The van der Waals surface area contributed by atoms with E-state index in [4.69, 9.17) is 0 Å². The molecular weight excluding hydrogens is 394 g/mol.